The Bertz CT molecular complexity index is 1180. The number of rotatable bonds is 4. The molecule has 0 aliphatic heterocycles. The fourth-order valence-electron chi connectivity index (χ4n) is 2.77. The van der Waals surface area contributed by atoms with E-state index in [9.17, 15) is 9.59 Å². The Hall–Kier alpha value is -3.64. The molecule has 138 valence electrons. The van der Waals surface area contributed by atoms with Gasteiger partial charge in [-0.2, -0.15) is 4.68 Å². The van der Waals surface area contributed by atoms with Crippen LogP contribution >= 0.6 is 11.6 Å². The second kappa shape index (κ2) is 7.54. The molecule has 0 aliphatic rings. The normalized spacial score (nSPS) is 10.6. The highest BCUT2D eigenvalue weighted by Gasteiger charge is 2.15. The van der Waals surface area contributed by atoms with E-state index in [1.165, 1.54) is 0 Å². The molecule has 0 fully saturated rings. The van der Waals surface area contributed by atoms with Crippen LogP contribution < -0.4 is 11.0 Å². The van der Waals surface area contributed by atoms with Gasteiger partial charge >= 0.3 is 5.69 Å². The standard InChI is InChI=1S/C21H15ClN4O2/c22-17-8-4-5-9-18(17)23-20(27)19-24-21(28)26(25-19)16-12-10-15(11-13-16)14-6-2-1-3-7-14/h1-13H,(H,23,27)(H,24,25,28). The molecule has 6 nitrogen and oxygen atoms in total. The Labute approximate surface area is 165 Å². The molecule has 1 heterocycles. The molecule has 0 bridgehead atoms. The first-order chi connectivity index (χ1) is 13.6. The monoisotopic (exact) mass is 390 g/mol. The average Bonchev–Trinajstić information content (AvgIpc) is 3.12. The van der Waals surface area contributed by atoms with Crippen molar-refractivity contribution in [2.45, 2.75) is 0 Å². The Morgan fingerprint density at radius 3 is 2.25 bits per heavy atom. The second-order valence-corrected chi connectivity index (χ2v) is 6.44. The number of nitrogens with one attached hydrogen (secondary N) is 2. The zero-order chi connectivity index (χ0) is 19.5. The highest BCUT2D eigenvalue weighted by atomic mass is 35.5. The van der Waals surface area contributed by atoms with Gasteiger partial charge in [-0.05, 0) is 35.4 Å². The van der Waals surface area contributed by atoms with E-state index in [0.717, 1.165) is 15.8 Å². The maximum atomic E-state index is 12.4. The number of hydrogen-bond acceptors (Lipinski definition) is 3. The molecule has 2 N–H and O–H groups in total. The molecule has 28 heavy (non-hydrogen) atoms. The molecule has 1 aromatic heterocycles. The summed E-state index contributed by atoms with van der Waals surface area (Å²) in [6.07, 6.45) is 0. The van der Waals surface area contributed by atoms with Gasteiger partial charge in [-0.25, -0.2) is 4.79 Å². The van der Waals surface area contributed by atoms with Crippen molar-refractivity contribution in [3.63, 3.8) is 0 Å². The molecule has 0 saturated carbocycles. The number of H-pyrrole nitrogens is 1. The number of benzene rings is 3. The van der Waals surface area contributed by atoms with Crippen molar-refractivity contribution in [2.75, 3.05) is 5.32 Å². The number of nitrogens with zero attached hydrogens (tertiary/aromatic N) is 2. The van der Waals surface area contributed by atoms with Crippen molar-refractivity contribution in [2.24, 2.45) is 0 Å². The van der Waals surface area contributed by atoms with Crippen molar-refractivity contribution in [1.82, 2.24) is 14.8 Å². The van der Waals surface area contributed by atoms with Crippen LogP contribution in [0.15, 0.2) is 83.7 Å². The molecule has 1 amide bonds. The van der Waals surface area contributed by atoms with Gasteiger partial charge in [0.2, 0.25) is 5.82 Å². The number of halogens is 1. The van der Waals surface area contributed by atoms with E-state index in [2.05, 4.69) is 15.4 Å². The molecule has 3 aromatic carbocycles. The molecular weight excluding hydrogens is 376 g/mol. The van der Waals surface area contributed by atoms with Gasteiger partial charge in [-0.15, -0.1) is 5.10 Å². The summed E-state index contributed by atoms with van der Waals surface area (Å²) >= 11 is 6.04. The maximum absolute atomic E-state index is 12.4. The number of anilines is 1. The van der Waals surface area contributed by atoms with Gasteiger partial charge in [-0.3, -0.25) is 9.78 Å². The first kappa shape index (κ1) is 17.8. The lowest BCUT2D eigenvalue weighted by atomic mass is 10.1. The quantitative estimate of drug-likeness (QED) is 0.549. The summed E-state index contributed by atoms with van der Waals surface area (Å²) in [5.41, 5.74) is 2.58. The van der Waals surface area contributed by atoms with Crippen LogP contribution in [0.1, 0.15) is 10.6 Å². The van der Waals surface area contributed by atoms with Crippen LogP contribution in [0, 0.1) is 0 Å². The highest BCUT2D eigenvalue weighted by molar-refractivity contribution is 6.33. The van der Waals surface area contributed by atoms with Gasteiger partial charge in [-0.1, -0.05) is 66.2 Å². The summed E-state index contributed by atoms with van der Waals surface area (Å²) in [6.45, 7) is 0. The van der Waals surface area contributed by atoms with Crippen molar-refractivity contribution < 1.29 is 4.79 Å². The Morgan fingerprint density at radius 2 is 1.54 bits per heavy atom. The van der Waals surface area contributed by atoms with Crippen LogP contribution in [0.5, 0.6) is 0 Å². The van der Waals surface area contributed by atoms with E-state index < -0.39 is 11.6 Å². The summed E-state index contributed by atoms with van der Waals surface area (Å²) in [6, 6.07) is 24.1. The predicted octanol–water partition coefficient (Wildman–Crippen LogP) is 4.13. The third-order valence-electron chi connectivity index (χ3n) is 4.17. The summed E-state index contributed by atoms with van der Waals surface area (Å²) in [7, 11) is 0. The van der Waals surface area contributed by atoms with E-state index in [0.29, 0.717) is 16.4 Å². The van der Waals surface area contributed by atoms with Gasteiger partial charge < -0.3 is 5.32 Å². The van der Waals surface area contributed by atoms with Crippen LogP contribution in [-0.4, -0.2) is 20.7 Å². The number of carbonyl (C=O) groups is 1. The molecule has 0 saturated heterocycles. The van der Waals surface area contributed by atoms with Crippen LogP contribution in [0.25, 0.3) is 16.8 Å². The van der Waals surface area contributed by atoms with E-state index in [4.69, 9.17) is 11.6 Å². The van der Waals surface area contributed by atoms with E-state index >= 15 is 0 Å². The Balaban J connectivity index is 1.58. The minimum Gasteiger partial charge on any atom is -0.318 e. The topological polar surface area (TPSA) is 79.8 Å². The number of carbonyl (C=O) groups excluding carboxylic acids is 1. The van der Waals surface area contributed by atoms with Crippen molar-refractivity contribution in [3.8, 4) is 16.8 Å². The highest BCUT2D eigenvalue weighted by Crippen LogP contribution is 2.21. The lowest BCUT2D eigenvalue weighted by Crippen LogP contribution is -2.16. The lowest BCUT2D eigenvalue weighted by Gasteiger charge is -2.05. The molecule has 0 atom stereocenters. The number of para-hydroxylation sites is 1. The molecule has 4 rings (SSSR count). The minimum absolute atomic E-state index is 0.0999. The molecule has 0 unspecified atom stereocenters. The van der Waals surface area contributed by atoms with Crippen LogP contribution in [-0.2, 0) is 0 Å². The largest absolute Gasteiger partial charge is 0.348 e. The minimum atomic E-state index is -0.551. The first-order valence-electron chi connectivity index (χ1n) is 8.53. The van der Waals surface area contributed by atoms with Crippen LogP contribution in [0.2, 0.25) is 5.02 Å². The van der Waals surface area contributed by atoms with Gasteiger partial charge in [0.1, 0.15) is 0 Å². The van der Waals surface area contributed by atoms with Crippen LogP contribution in [0.4, 0.5) is 5.69 Å². The van der Waals surface area contributed by atoms with Crippen LogP contribution in [0.3, 0.4) is 0 Å². The predicted molar refractivity (Wildman–Crippen MR) is 109 cm³/mol. The second-order valence-electron chi connectivity index (χ2n) is 6.04. The lowest BCUT2D eigenvalue weighted by molar-refractivity contribution is 0.101. The van der Waals surface area contributed by atoms with E-state index in [1.54, 1.807) is 36.4 Å². The maximum Gasteiger partial charge on any atom is 0.348 e. The fourth-order valence-corrected chi connectivity index (χ4v) is 2.95. The summed E-state index contributed by atoms with van der Waals surface area (Å²) in [5, 5.41) is 7.13. The summed E-state index contributed by atoms with van der Waals surface area (Å²) in [5.74, 6) is -0.651. The smallest absolute Gasteiger partial charge is 0.318 e. The van der Waals surface area contributed by atoms with Gasteiger partial charge in [0.15, 0.2) is 0 Å². The average molecular weight is 391 g/mol. The number of aromatic amines is 1. The summed E-state index contributed by atoms with van der Waals surface area (Å²) < 4.78 is 1.15. The zero-order valence-corrected chi connectivity index (χ0v) is 15.4. The molecule has 7 heteroatoms. The molecule has 0 spiro atoms. The van der Waals surface area contributed by atoms with Crippen molar-refractivity contribution >= 4 is 23.2 Å². The SMILES string of the molecule is O=C(Nc1ccccc1Cl)c1nn(-c2ccc(-c3ccccc3)cc2)c(=O)[nH]1. The molecular formula is C21H15ClN4O2. The molecule has 0 aliphatic carbocycles. The third-order valence-corrected chi connectivity index (χ3v) is 4.50. The molecule has 0 radical (unpaired) electrons. The van der Waals surface area contributed by atoms with Gasteiger partial charge in [0.05, 0.1) is 16.4 Å². The Morgan fingerprint density at radius 1 is 0.893 bits per heavy atom. The Kier molecular flexibility index (Phi) is 4.78. The van der Waals surface area contributed by atoms with Crippen molar-refractivity contribution in [3.05, 3.63) is 100 Å². The first-order valence-corrected chi connectivity index (χ1v) is 8.91. The zero-order valence-electron chi connectivity index (χ0n) is 14.6. The third kappa shape index (κ3) is 3.58. The van der Waals surface area contributed by atoms with Gasteiger partial charge in [0, 0.05) is 0 Å². The number of hydrogen-bond donors (Lipinski definition) is 2. The number of aromatic nitrogens is 3. The van der Waals surface area contributed by atoms with Crippen molar-refractivity contribution in [1.29, 1.82) is 0 Å². The fraction of sp³-hybridized carbons (Fsp3) is 0. The summed E-state index contributed by atoms with van der Waals surface area (Å²) in [4.78, 5) is 27.1. The molecule has 4 aromatic rings. The number of amides is 1. The van der Waals surface area contributed by atoms with E-state index in [1.807, 2.05) is 42.5 Å². The van der Waals surface area contributed by atoms with Gasteiger partial charge in [0.25, 0.3) is 5.91 Å². The van der Waals surface area contributed by atoms with E-state index in [-0.39, 0.29) is 5.82 Å².